The van der Waals surface area contributed by atoms with Gasteiger partial charge in [0.05, 0.1) is 6.10 Å². The largest absolute Gasteiger partial charge is 0.460 e. The third kappa shape index (κ3) is 3.10. The molecular weight excluding hydrogens is 289 g/mol. The van der Waals surface area contributed by atoms with Gasteiger partial charge in [-0.3, -0.25) is 0 Å². The molecule has 0 radical (unpaired) electrons. The summed E-state index contributed by atoms with van der Waals surface area (Å²) in [6, 6.07) is 0. The molecule has 0 N–H and O–H groups in total. The van der Waals surface area contributed by atoms with Gasteiger partial charge in [-0.1, -0.05) is 0 Å². The van der Waals surface area contributed by atoms with E-state index in [0.717, 1.165) is 0 Å². The van der Waals surface area contributed by atoms with Gasteiger partial charge in [0.1, 0.15) is 6.61 Å². The number of carbonyl (C=O) groups is 1. The van der Waals surface area contributed by atoms with Gasteiger partial charge in [-0.15, -0.1) is 0 Å². The number of alkyl halides is 7. The zero-order valence-electron chi connectivity index (χ0n) is 9.28. The van der Waals surface area contributed by atoms with E-state index >= 15 is 0 Å². The summed E-state index contributed by atoms with van der Waals surface area (Å²) < 4.78 is 94.4. The minimum absolute atomic E-state index is 0.275. The first-order valence-corrected chi connectivity index (χ1v) is 5.11. The average Bonchev–Trinajstić information content (AvgIpc) is 2.76. The summed E-state index contributed by atoms with van der Waals surface area (Å²) in [4.78, 5) is 10.7. The third-order valence-electron chi connectivity index (χ3n) is 2.43. The summed E-state index contributed by atoms with van der Waals surface area (Å²) in [5.74, 6) is -15.4. The standard InChI is InChI=1S/C9H9F7O3/c10-7(11,8(12,13)9(14,15)16)6(17)19-4-5-2-1-3-18-5/h5H,1-4H2. The van der Waals surface area contributed by atoms with Gasteiger partial charge >= 0.3 is 24.0 Å². The van der Waals surface area contributed by atoms with E-state index < -0.39 is 36.7 Å². The summed E-state index contributed by atoms with van der Waals surface area (Å²) in [6.07, 6.45) is -6.43. The van der Waals surface area contributed by atoms with Crippen molar-refractivity contribution in [3.8, 4) is 0 Å². The van der Waals surface area contributed by atoms with Crippen molar-refractivity contribution in [2.45, 2.75) is 37.0 Å². The summed E-state index contributed by atoms with van der Waals surface area (Å²) in [6.45, 7) is -0.514. The third-order valence-corrected chi connectivity index (χ3v) is 2.43. The predicted molar refractivity (Wildman–Crippen MR) is 45.9 cm³/mol. The highest BCUT2D eigenvalue weighted by atomic mass is 19.4. The lowest BCUT2D eigenvalue weighted by molar-refractivity contribution is -0.348. The average molecular weight is 298 g/mol. The molecule has 1 unspecified atom stereocenters. The Morgan fingerprint density at radius 3 is 2.16 bits per heavy atom. The molecule has 1 aliphatic rings. The molecule has 3 nitrogen and oxygen atoms in total. The lowest BCUT2D eigenvalue weighted by atomic mass is 10.1. The fourth-order valence-electron chi connectivity index (χ4n) is 1.34. The van der Waals surface area contributed by atoms with Crippen LogP contribution < -0.4 is 0 Å². The van der Waals surface area contributed by atoms with Crippen LogP contribution in [-0.2, 0) is 14.3 Å². The zero-order chi connectivity index (χ0) is 14.9. The molecule has 0 aromatic carbocycles. The van der Waals surface area contributed by atoms with Crippen molar-refractivity contribution < 1.29 is 45.0 Å². The molecule has 19 heavy (non-hydrogen) atoms. The molecule has 1 fully saturated rings. The van der Waals surface area contributed by atoms with Crippen LogP contribution in [0.5, 0.6) is 0 Å². The van der Waals surface area contributed by atoms with Crippen LogP contribution in [0.4, 0.5) is 30.7 Å². The van der Waals surface area contributed by atoms with Crippen molar-refractivity contribution >= 4 is 5.97 Å². The van der Waals surface area contributed by atoms with E-state index in [9.17, 15) is 35.5 Å². The number of hydrogen-bond acceptors (Lipinski definition) is 3. The van der Waals surface area contributed by atoms with Crippen LogP contribution >= 0.6 is 0 Å². The smallest absolute Gasteiger partial charge is 0.458 e. The van der Waals surface area contributed by atoms with Crippen molar-refractivity contribution in [2.75, 3.05) is 13.2 Å². The minimum Gasteiger partial charge on any atom is -0.458 e. The Balaban J connectivity index is 2.67. The van der Waals surface area contributed by atoms with E-state index in [-0.39, 0.29) is 6.61 Å². The Morgan fingerprint density at radius 2 is 1.74 bits per heavy atom. The zero-order valence-corrected chi connectivity index (χ0v) is 9.28. The molecule has 0 amide bonds. The monoisotopic (exact) mass is 298 g/mol. The molecule has 0 aromatic rings. The molecule has 1 heterocycles. The number of halogens is 7. The van der Waals surface area contributed by atoms with E-state index in [2.05, 4.69) is 4.74 Å². The first-order chi connectivity index (χ1) is 8.50. The molecule has 0 aromatic heterocycles. The highest BCUT2D eigenvalue weighted by molar-refractivity contribution is 5.79. The van der Waals surface area contributed by atoms with Gasteiger partial charge in [-0.25, -0.2) is 4.79 Å². The van der Waals surface area contributed by atoms with Crippen molar-refractivity contribution in [1.29, 1.82) is 0 Å². The summed E-state index contributed by atoms with van der Waals surface area (Å²) in [7, 11) is 0. The van der Waals surface area contributed by atoms with Crippen LogP contribution in [0.1, 0.15) is 12.8 Å². The highest BCUT2D eigenvalue weighted by Gasteiger charge is 2.77. The fourth-order valence-corrected chi connectivity index (χ4v) is 1.34. The Hall–Kier alpha value is -1.06. The number of ether oxygens (including phenoxy) is 2. The second-order valence-corrected chi connectivity index (χ2v) is 3.88. The molecule has 1 atom stereocenters. The van der Waals surface area contributed by atoms with Gasteiger partial charge in [0.25, 0.3) is 0 Å². The molecule has 0 spiro atoms. The quantitative estimate of drug-likeness (QED) is 0.591. The van der Waals surface area contributed by atoms with Crippen LogP contribution in [0, 0.1) is 0 Å². The lowest BCUT2D eigenvalue weighted by Crippen LogP contribution is -2.56. The Labute approximate surface area is 102 Å². The van der Waals surface area contributed by atoms with E-state index in [1.54, 1.807) is 0 Å². The summed E-state index contributed by atoms with van der Waals surface area (Å²) in [5, 5.41) is 0. The van der Waals surface area contributed by atoms with Crippen molar-refractivity contribution in [3.05, 3.63) is 0 Å². The molecule has 112 valence electrons. The summed E-state index contributed by atoms with van der Waals surface area (Å²) >= 11 is 0. The predicted octanol–water partition coefficient (Wildman–Crippen LogP) is 2.54. The molecule has 1 aliphatic heterocycles. The molecule has 0 bridgehead atoms. The number of hydrogen-bond donors (Lipinski definition) is 0. The van der Waals surface area contributed by atoms with Gasteiger partial charge < -0.3 is 9.47 Å². The second kappa shape index (κ2) is 5.14. The maximum atomic E-state index is 12.8. The number of esters is 1. The lowest BCUT2D eigenvalue weighted by Gasteiger charge is -2.26. The Bertz CT molecular complexity index is 333. The first-order valence-electron chi connectivity index (χ1n) is 5.11. The van der Waals surface area contributed by atoms with E-state index in [1.165, 1.54) is 0 Å². The molecule has 0 aliphatic carbocycles. The van der Waals surface area contributed by atoms with E-state index in [0.29, 0.717) is 12.8 Å². The van der Waals surface area contributed by atoms with Gasteiger partial charge in [-0.2, -0.15) is 30.7 Å². The fraction of sp³-hybridized carbons (Fsp3) is 0.889. The van der Waals surface area contributed by atoms with Crippen LogP contribution in [0.2, 0.25) is 0 Å². The van der Waals surface area contributed by atoms with Crippen molar-refractivity contribution in [1.82, 2.24) is 0 Å². The Morgan fingerprint density at radius 1 is 1.16 bits per heavy atom. The second-order valence-electron chi connectivity index (χ2n) is 3.88. The SMILES string of the molecule is O=C(OCC1CCCO1)C(F)(F)C(F)(F)C(F)(F)F. The highest BCUT2D eigenvalue weighted by Crippen LogP contribution is 2.47. The van der Waals surface area contributed by atoms with Crippen molar-refractivity contribution in [2.24, 2.45) is 0 Å². The molecule has 1 rings (SSSR count). The van der Waals surface area contributed by atoms with Gasteiger partial charge in [0, 0.05) is 6.61 Å². The normalized spacial score (nSPS) is 21.5. The maximum absolute atomic E-state index is 12.8. The van der Waals surface area contributed by atoms with E-state index in [4.69, 9.17) is 4.74 Å². The van der Waals surface area contributed by atoms with Crippen molar-refractivity contribution in [3.63, 3.8) is 0 Å². The number of rotatable bonds is 4. The van der Waals surface area contributed by atoms with Gasteiger partial charge in [-0.05, 0) is 12.8 Å². The maximum Gasteiger partial charge on any atom is 0.460 e. The Kier molecular flexibility index (Phi) is 4.33. The van der Waals surface area contributed by atoms with Crippen LogP contribution in [0.3, 0.4) is 0 Å². The van der Waals surface area contributed by atoms with Crippen LogP contribution in [-0.4, -0.2) is 43.3 Å². The van der Waals surface area contributed by atoms with Crippen LogP contribution in [0.25, 0.3) is 0 Å². The molecule has 1 saturated heterocycles. The molecule has 0 saturated carbocycles. The minimum atomic E-state index is -6.56. The van der Waals surface area contributed by atoms with Gasteiger partial charge in [0.15, 0.2) is 0 Å². The van der Waals surface area contributed by atoms with Gasteiger partial charge in [0.2, 0.25) is 0 Å². The summed E-state index contributed by atoms with van der Waals surface area (Å²) in [5.41, 5.74) is 0. The molecular formula is C9H9F7O3. The first kappa shape index (κ1) is 16.0. The van der Waals surface area contributed by atoms with Crippen LogP contribution in [0.15, 0.2) is 0 Å². The number of carbonyl (C=O) groups excluding carboxylic acids is 1. The topological polar surface area (TPSA) is 35.5 Å². The molecule has 10 heteroatoms. The van der Waals surface area contributed by atoms with E-state index in [1.807, 2.05) is 0 Å².